The number of hydrogen-bond donors (Lipinski definition) is 1. The van der Waals surface area contributed by atoms with Crippen molar-refractivity contribution in [2.75, 3.05) is 24.5 Å². The van der Waals surface area contributed by atoms with E-state index >= 15 is 0 Å². The van der Waals surface area contributed by atoms with Crippen LogP contribution in [-0.2, 0) is 0 Å². The van der Waals surface area contributed by atoms with E-state index in [0.29, 0.717) is 12.5 Å². The Morgan fingerprint density at radius 2 is 2.29 bits per heavy atom. The third-order valence-electron chi connectivity index (χ3n) is 2.88. The molecular weight excluding hydrogens is 214 g/mol. The minimum Gasteiger partial charge on any atom is -0.356 e. The summed E-state index contributed by atoms with van der Waals surface area (Å²) in [6.07, 6.45) is 3.69. The molecule has 0 aliphatic rings. The van der Waals surface area contributed by atoms with Gasteiger partial charge in [0.2, 0.25) is 0 Å². The lowest BCUT2D eigenvalue weighted by atomic mass is 10.1. The second-order valence-corrected chi connectivity index (χ2v) is 4.30. The maximum Gasteiger partial charge on any atom is 0.157 e. The fraction of sp³-hybridized carbons (Fsp3) is 0.500. The predicted octanol–water partition coefficient (Wildman–Crippen LogP) is 1.15. The Morgan fingerprint density at radius 1 is 1.47 bits per heavy atom. The van der Waals surface area contributed by atoms with Crippen LogP contribution in [0.5, 0.6) is 0 Å². The van der Waals surface area contributed by atoms with Gasteiger partial charge in [-0.1, -0.05) is 6.92 Å². The van der Waals surface area contributed by atoms with Crippen LogP contribution in [0.2, 0.25) is 0 Å². The number of nitrogens with two attached hydrogens (primary N) is 1. The summed E-state index contributed by atoms with van der Waals surface area (Å²) in [5.41, 5.74) is 6.54. The molecule has 5 heteroatoms. The number of fused-ring (bicyclic) bond motifs is 1. The summed E-state index contributed by atoms with van der Waals surface area (Å²) in [7, 11) is 0. The Morgan fingerprint density at radius 3 is 3.00 bits per heavy atom. The van der Waals surface area contributed by atoms with Gasteiger partial charge in [0.1, 0.15) is 5.82 Å². The van der Waals surface area contributed by atoms with E-state index in [-0.39, 0.29) is 0 Å². The second kappa shape index (κ2) is 5.14. The molecular formula is C12H19N5. The van der Waals surface area contributed by atoms with Crippen LogP contribution in [0, 0.1) is 5.92 Å². The van der Waals surface area contributed by atoms with Crippen LogP contribution in [0.3, 0.4) is 0 Å². The third kappa shape index (κ3) is 2.55. The first-order chi connectivity index (χ1) is 8.24. The van der Waals surface area contributed by atoms with E-state index in [4.69, 9.17) is 5.73 Å². The van der Waals surface area contributed by atoms with Crippen molar-refractivity contribution >= 4 is 11.5 Å². The topological polar surface area (TPSA) is 59.5 Å². The molecule has 0 aliphatic heterocycles. The van der Waals surface area contributed by atoms with Crippen LogP contribution in [0.25, 0.3) is 5.65 Å². The average molecular weight is 233 g/mol. The Hall–Kier alpha value is -1.62. The molecule has 2 aromatic heterocycles. The van der Waals surface area contributed by atoms with Gasteiger partial charge in [0.05, 0.1) is 6.20 Å². The van der Waals surface area contributed by atoms with Gasteiger partial charge in [-0.05, 0) is 25.5 Å². The highest BCUT2D eigenvalue weighted by Crippen LogP contribution is 2.13. The zero-order valence-corrected chi connectivity index (χ0v) is 10.4. The number of hydrogen-bond acceptors (Lipinski definition) is 4. The molecule has 5 nitrogen and oxygen atoms in total. The summed E-state index contributed by atoms with van der Waals surface area (Å²) in [6.45, 7) is 6.85. The number of aromatic nitrogens is 3. The van der Waals surface area contributed by atoms with Crippen molar-refractivity contribution in [1.82, 2.24) is 14.6 Å². The lowest BCUT2D eigenvalue weighted by Gasteiger charge is -2.24. The van der Waals surface area contributed by atoms with Crippen LogP contribution in [0.15, 0.2) is 24.5 Å². The first kappa shape index (κ1) is 11.9. The molecule has 2 N–H and O–H groups in total. The fourth-order valence-corrected chi connectivity index (χ4v) is 1.81. The standard InChI is InChI=1S/C12H19N5/c1-3-16(9-10(2)8-13)11-5-7-17-12(15-11)4-6-14-17/h4-7,10H,3,8-9,13H2,1-2H3. The summed E-state index contributed by atoms with van der Waals surface area (Å²) < 4.78 is 1.77. The molecule has 0 spiro atoms. The number of rotatable bonds is 5. The molecule has 0 amide bonds. The van der Waals surface area contributed by atoms with Crippen molar-refractivity contribution in [3.63, 3.8) is 0 Å². The highest BCUT2D eigenvalue weighted by Gasteiger charge is 2.10. The molecule has 0 saturated carbocycles. The van der Waals surface area contributed by atoms with Crippen LogP contribution in [0.4, 0.5) is 5.82 Å². The lowest BCUT2D eigenvalue weighted by Crippen LogP contribution is -2.32. The zero-order valence-electron chi connectivity index (χ0n) is 10.4. The van der Waals surface area contributed by atoms with E-state index in [1.54, 1.807) is 10.7 Å². The van der Waals surface area contributed by atoms with Crippen molar-refractivity contribution in [2.45, 2.75) is 13.8 Å². The molecule has 1 atom stereocenters. The van der Waals surface area contributed by atoms with E-state index in [9.17, 15) is 0 Å². The van der Waals surface area contributed by atoms with Gasteiger partial charge in [0.15, 0.2) is 5.65 Å². The molecule has 0 bridgehead atoms. The van der Waals surface area contributed by atoms with Gasteiger partial charge in [0.25, 0.3) is 0 Å². The third-order valence-corrected chi connectivity index (χ3v) is 2.88. The molecule has 0 aromatic carbocycles. The van der Waals surface area contributed by atoms with Gasteiger partial charge in [0, 0.05) is 25.4 Å². The molecule has 0 saturated heterocycles. The zero-order chi connectivity index (χ0) is 12.3. The predicted molar refractivity (Wildman–Crippen MR) is 69.1 cm³/mol. The van der Waals surface area contributed by atoms with Gasteiger partial charge in [-0.2, -0.15) is 5.10 Å². The summed E-state index contributed by atoms with van der Waals surface area (Å²) in [5, 5.41) is 4.14. The maximum atomic E-state index is 5.67. The van der Waals surface area contributed by atoms with Crippen LogP contribution >= 0.6 is 0 Å². The minimum atomic E-state index is 0.470. The summed E-state index contributed by atoms with van der Waals surface area (Å²) in [6, 6.07) is 3.90. The highest BCUT2D eigenvalue weighted by atomic mass is 15.3. The normalized spacial score (nSPS) is 12.9. The quantitative estimate of drug-likeness (QED) is 0.841. The molecule has 0 aliphatic carbocycles. The molecule has 1 unspecified atom stereocenters. The van der Waals surface area contributed by atoms with Crippen molar-refractivity contribution < 1.29 is 0 Å². The maximum absolute atomic E-state index is 5.67. The van der Waals surface area contributed by atoms with E-state index in [2.05, 4.69) is 28.8 Å². The molecule has 0 radical (unpaired) electrons. The van der Waals surface area contributed by atoms with E-state index < -0.39 is 0 Å². The van der Waals surface area contributed by atoms with E-state index in [1.807, 2.05) is 18.3 Å². The molecule has 2 rings (SSSR count). The first-order valence-electron chi connectivity index (χ1n) is 6.00. The van der Waals surface area contributed by atoms with E-state index in [1.165, 1.54) is 0 Å². The van der Waals surface area contributed by atoms with Crippen molar-refractivity contribution in [3.8, 4) is 0 Å². The van der Waals surface area contributed by atoms with Crippen molar-refractivity contribution in [1.29, 1.82) is 0 Å². The Kier molecular flexibility index (Phi) is 3.58. The lowest BCUT2D eigenvalue weighted by molar-refractivity contribution is 0.573. The first-order valence-corrected chi connectivity index (χ1v) is 6.00. The SMILES string of the molecule is CCN(CC(C)CN)c1ccn2nccc2n1. The molecule has 0 fully saturated rings. The molecule has 17 heavy (non-hydrogen) atoms. The second-order valence-electron chi connectivity index (χ2n) is 4.30. The van der Waals surface area contributed by atoms with Crippen molar-refractivity contribution in [3.05, 3.63) is 24.5 Å². The van der Waals surface area contributed by atoms with Crippen LogP contribution in [-0.4, -0.2) is 34.2 Å². The van der Waals surface area contributed by atoms with Crippen molar-refractivity contribution in [2.24, 2.45) is 11.7 Å². The molecule has 2 heterocycles. The Balaban J connectivity index is 2.23. The van der Waals surface area contributed by atoms with E-state index in [0.717, 1.165) is 24.6 Å². The molecule has 2 aromatic rings. The largest absolute Gasteiger partial charge is 0.356 e. The molecule has 92 valence electrons. The van der Waals surface area contributed by atoms with Gasteiger partial charge in [-0.3, -0.25) is 0 Å². The minimum absolute atomic E-state index is 0.470. The Bertz CT molecular complexity index is 478. The number of anilines is 1. The monoisotopic (exact) mass is 233 g/mol. The summed E-state index contributed by atoms with van der Waals surface area (Å²) in [5.74, 6) is 1.46. The van der Waals surface area contributed by atoms with Gasteiger partial charge in [-0.25, -0.2) is 9.50 Å². The average Bonchev–Trinajstić information content (AvgIpc) is 2.82. The number of nitrogens with zero attached hydrogens (tertiary/aromatic N) is 4. The van der Waals surface area contributed by atoms with Crippen LogP contribution < -0.4 is 10.6 Å². The smallest absolute Gasteiger partial charge is 0.157 e. The van der Waals surface area contributed by atoms with Crippen LogP contribution in [0.1, 0.15) is 13.8 Å². The Labute approximate surface area is 101 Å². The summed E-state index contributed by atoms with van der Waals surface area (Å²) in [4.78, 5) is 6.82. The summed E-state index contributed by atoms with van der Waals surface area (Å²) >= 11 is 0. The fourth-order valence-electron chi connectivity index (χ4n) is 1.81. The van der Waals surface area contributed by atoms with Gasteiger partial charge in [-0.15, -0.1) is 0 Å². The van der Waals surface area contributed by atoms with Gasteiger partial charge < -0.3 is 10.6 Å². The van der Waals surface area contributed by atoms with Gasteiger partial charge >= 0.3 is 0 Å². The highest BCUT2D eigenvalue weighted by molar-refractivity contribution is 5.47.